The highest BCUT2D eigenvalue weighted by Crippen LogP contribution is 2.30. The Labute approximate surface area is 91.6 Å². The van der Waals surface area contributed by atoms with Crippen LogP contribution in [0.25, 0.3) is 0 Å². The fraction of sp³-hybridized carbons (Fsp3) is 0.700. The second-order valence-electron chi connectivity index (χ2n) is 4.36. The summed E-state index contributed by atoms with van der Waals surface area (Å²) in [5.74, 6) is 0.470. The van der Waals surface area contributed by atoms with Gasteiger partial charge >= 0.3 is 6.18 Å². The lowest BCUT2D eigenvalue weighted by molar-refractivity contribution is -0.137. The first-order valence-electron chi connectivity index (χ1n) is 5.29. The molecule has 2 unspecified atom stereocenters. The summed E-state index contributed by atoms with van der Waals surface area (Å²) in [5.41, 5.74) is -0.675. The third kappa shape index (κ3) is 2.37. The molecule has 1 aromatic rings. The van der Waals surface area contributed by atoms with Gasteiger partial charge in [0.1, 0.15) is 0 Å². The summed E-state index contributed by atoms with van der Waals surface area (Å²) in [6, 6.07) is 0.0276. The van der Waals surface area contributed by atoms with Crippen molar-refractivity contribution in [2.75, 3.05) is 13.1 Å². The minimum absolute atomic E-state index is 0.0276. The van der Waals surface area contributed by atoms with Crippen LogP contribution >= 0.6 is 0 Å². The van der Waals surface area contributed by atoms with Gasteiger partial charge in [-0.25, -0.2) is 0 Å². The molecule has 16 heavy (non-hydrogen) atoms. The Morgan fingerprint density at radius 1 is 1.44 bits per heavy atom. The Morgan fingerprint density at radius 2 is 2.19 bits per heavy atom. The van der Waals surface area contributed by atoms with Crippen LogP contribution in [0.3, 0.4) is 0 Å². The van der Waals surface area contributed by atoms with Crippen molar-refractivity contribution in [2.45, 2.75) is 25.6 Å². The van der Waals surface area contributed by atoms with Gasteiger partial charge in [0.15, 0.2) is 0 Å². The molecule has 1 aliphatic heterocycles. The number of hydrogen-bond acceptors (Lipinski definition) is 2. The molecule has 2 heterocycles. The van der Waals surface area contributed by atoms with E-state index in [0.29, 0.717) is 12.5 Å². The predicted octanol–water partition coefficient (Wildman–Crippen LogP) is 2.07. The van der Waals surface area contributed by atoms with Gasteiger partial charge in [0.25, 0.3) is 0 Å². The van der Waals surface area contributed by atoms with E-state index in [9.17, 15) is 13.2 Å². The molecule has 2 rings (SSSR count). The highest BCUT2D eigenvalue weighted by atomic mass is 19.4. The van der Waals surface area contributed by atoms with E-state index in [-0.39, 0.29) is 6.04 Å². The van der Waals surface area contributed by atoms with E-state index in [1.54, 1.807) is 0 Å². The van der Waals surface area contributed by atoms with Crippen molar-refractivity contribution >= 4 is 0 Å². The van der Waals surface area contributed by atoms with Gasteiger partial charge in [-0.15, -0.1) is 0 Å². The second-order valence-corrected chi connectivity index (χ2v) is 4.36. The summed E-state index contributed by atoms with van der Waals surface area (Å²) in [4.78, 5) is 0. The van der Waals surface area contributed by atoms with E-state index in [1.807, 2.05) is 0 Å². The van der Waals surface area contributed by atoms with Crippen molar-refractivity contribution in [1.82, 2.24) is 15.1 Å². The maximum Gasteiger partial charge on any atom is 0.419 e. The molecule has 1 aliphatic rings. The van der Waals surface area contributed by atoms with Crippen LogP contribution in [-0.2, 0) is 6.18 Å². The first-order chi connectivity index (χ1) is 7.47. The molecule has 0 aromatic carbocycles. The molecule has 1 aromatic heterocycles. The average molecular weight is 233 g/mol. The summed E-state index contributed by atoms with van der Waals surface area (Å²) < 4.78 is 38.6. The summed E-state index contributed by atoms with van der Waals surface area (Å²) in [7, 11) is 0. The van der Waals surface area contributed by atoms with Crippen molar-refractivity contribution in [3.8, 4) is 0 Å². The fourth-order valence-corrected chi connectivity index (χ4v) is 2.01. The van der Waals surface area contributed by atoms with E-state index < -0.39 is 11.7 Å². The molecule has 0 bridgehead atoms. The molecule has 0 radical (unpaired) electrons. The predicted molar refractivity (Wildman–Crippen MR) is 52.9 cm³/mol. The molecule has 90 valence electrons. The van der Waals surface area contributed by atoms with Crippen LogP contribution in [0.5, 0.6) is 0 Å². The lowest BCUT2D eigenvalue weighted by Crippen LogP contribution is -2.36. The van der Waals surface area contributed by atoms with Crippen molar-refractivity contribution in [3.63, 3.8) is 0 Å². The largest absolute Gasteiger partial charge is 0.419 e. The summed E-state index contributed by atoms with van der Waals surface area (Å²) >= 11 is 0. The molecule has 0 saturated carbocycles. The Hall–Kier alpha value is -1.04. The molecule has 0 spiro atoms. The van der Waals surface area contributed by atoms with Gasteiger partial charge in [0, 0.05) is 12.7 Å². The topological polar surface area (TPSA) is 29.9 Å². The van der Waals surface area contributed by atoms with Gasteiger partial charge in [0.2, 0.25) is 0 Å². The molecule has 6 heteroatoms. The number of rotatable bonds is 1. The summed E-state index contributed by atoms with van der Waals surface area (Å²) in [6.07, 6.45) is -1.46. The molecule has 0 amide bonds. The van der Waals surface area contributed by atoms with Crippen LogP contribution in [0.15, 0.2) is 12.4 Å². The van der Waals surface area contributed by atoms with E-state index in [2.05, 4.69) is 17.3 Å². The second kappa shape index (κ2) is 4.08. The van der Waals surface area contributed by atoms with Gasteiger partial charge in [-0.2, -0.15) is 18.3 Å². The highest BCUT2D eigenvalue weighted by molar-refractivity contribution is 5.09. The third-order valence-electron chi connectivity index (χ3n) is 2.85. The molecule has 3 nitrogen and oxygen atoms in total. The Bertz CT molecular complexity index is 358. The van der Waals surface area contributed by atoms with Crippen LogP contribution in [0.2, 0.25) is 0 Å². The smallest absolute Gasteiger partial charge is 0.314 e. The minimum Gasteiger partial charge on any atom is -0.314 e. The lowest BCUT2D eigenvalue weighted by Gasteiger charge is -2.27. The number of aromatic nitrogens is 2. The molecule has 2 atom stereocenters. The lowest BCUT2D eigenvalue weighted by atomic mass is 9.98. The highest BCUT2D eigenvalue weighted by Gasteiger charge is 2.33. The quantitative estimate of drug-likeness (QED) is 0.804. The molecule has 1 N–H and O–H groups in total. The summed E-state index contributed by atoms with van der Waals surface area (Å²) in [5, 5.41) is 6.99. The van der Waals surface area contributed by atoms with Crippen LogP contribution in [0, 0.1) is 5.92 Å². The van der Waals surface area contributed by atoms with Gasteiger partial charge in [-0.1, -0.05) is 6.92 Å². The van der Waals surface area contributed by atoms with Crippen molar-refractivity contribution < 1.29 is 13.2 Å². The third-order valence-corrected chi connectivity index (χ3v) is 2.85. The number of piperidine rings is 1. The van der Waals surface area contributed by atoms with E-state index in [4.69, 9.17) is 0 Å². The van der Waals surface area contributed by atoms with Crippen molar-refractivity contribution in [2.24, 2.45) is 5.92 Å². The zero-order valence-electron chi connectivity index (χ0n) is 8.96. The Kier molecular flexibility index (Phi) is 2.92. The molecule has 1 fully saturated rings. The van der Waals surface area contributed by atoms with Crippen LogP contribution in [-0.4, -0.2) is 22.9 Å². The van der Waals surface area contributed by atoms with Crippen LogP contribution in [0.4, 0.5) is 13.2 Å². The zero-order valence-corrected chi connectivity index (χ0v) is 8.96. The fourth-order valence-electron chi connectivity index (χ4n) is 2.01. The van der Waals surface area contributed by atoms with E-state index in [1.165, 1.54) is 4.68 Å². The number of nitrogens with zero attached hydrogens (tertiary/aromatic N) is 2. The van der Waals surface area contributed by atoms with Crippen LogP contribution in [0.1, 0.15) is 24.9 Å². The Morgan fingerprint density at radius 3 is 2.75 bits per heavy atom. The van der Waals surface area contributed by atoms with Gasteiger partial charge in [-0.05, 0) is 18.9 Å². The van der Waals surface area contributed by atoms with Crippen LogP contribution < -0.4 is 5.32 Å². The number of alkyl halides is 3. The SMILES string of the molecule is CC1CNCC(n2cc(C(F)(F)F)cn2)C1. The summed E-state index contributed by atoms with van der Waals surface area (Å²) in [6.45, 7) is 3.68. The number of hydrogen-bond donors (Lipinski definition) is 1. The molecule has 0 aliphatic carbocycles. The van der Waals surface area contributed by atoms with Gasteiger partial charge < -0.3 is 5.32 Å². The Balaban J connectivity index is 2.12. The van der Waals surface area contributed by atoms with Gasteiger partial charge in [-0.3, -0.25) is 4.68 Å². The normalized spacial score (nSPS) is 27.0. The zero-order chi connectivity index (χ0) is 11.8. The van der Waals surface area contributed by atoms with Crippen molar-refractivity contribution in [3.05, 3.63) is 18.0 Å². The molecular weight excluding hydrogens is 219 g/mol. The van der Waals surface area contributed by atoms with Crippen molar-refractivity contribution in [1.29, 1.82) is 0 Å². The first-order valence-corrected chi connectivity index (χ1v) is 5.29. The molecule has 1 saturated heterocycles. The maximum atomic E-state index is 12.4. The maximum absolute atomic E-state index is 12.4. The van der Waals surface area contributed by atoms with E-state index >= 15 is 0 Å². The average Bonchev–Trinajstić information content (AvgIpc) is 2.65. The van der Waals surface area contributed by atoms with E-state index in [0.717, 1.165) is 25.4 Å². The minimum atomic E-state index is -4.30. The van der Waals surface area contributed by atoms with Gasteiger partial charge in [0.05, 0.1) is 17.8 Å². The number of halogens is 3. The first kappa shape index (κ1) is 11.4. The molecular formula is C10H14F3N3. The number of nitrogens with one attached hydrogen (secondary N) is 1. The standard InChI is InChI=1S/C10H14F3N3/c1-7-2-9(5-14-3-7)16-6-8(4-15-16)10(11,12)13/h4,6-7,9,14H,2-3,5H2,1H3. The monoisotopic (exact) mass is 233 g/mol.